The smallest absolute Gasteiger partial charge is 0.309 e. The maximum Gasteiger partial charge on any atom is 0.309 e. The predicted octanol–water partition coefficient (Wildman–Crippen LogP) is 4.11. The number of carbonyl (C=O) groups is 1. The molecule has 0 heterocycles. The van der Waals surface area contributed by atoms with Crippen molar-refractivity contribution in [2.45, 2.75) is 28.8 Å². The standard InChI is InChI=1S/C10H14Br2Cl2O2/c1-4-16-8(15)6-5(9(6,2)3)7(11)10(12,13)14/h5-7H,4H2,1-3H3. The molecule has 0 bridgehead atoms. The molecule has 0 amide bonds. The first-order valence-corrected chi connectivity index (χ1v) is 7.48. The van der Waals surface area contributed by atoms with Gasteiger partial charge in [0, 0.05) is 0 Å². The van der Waals surface area contributed by atoms with E-state index in [0.717, 1.165) is 0 Å². The van der Waals surface area contributed by atoms with Crippen molar-refractivity contribution in [1.29, 1.82) is 0 Å². The first-order chi connectivity index (χ1) is 7.14. The van der Waals surface area contributed by atoms with E-state index >= 15 is 0 Å². The number of hydrogen-bond donors (Lipinski definition) is 0. The molecule has 6 heteroatoms. The molecule has 2 nitrogen and oxygen atoms in total. The van der Waals surface area contributed by atoms with Crippen molar-refractivity contribution < 1.29 is 9.53 Å². The topological polar surface area (TPSA) is 26.3 Å². The highest BCUT2D eigenvalue weighted by molar-refractivity contribution is 9.13. The third-order valence-electron chi connectivity index (χ3n) is 3.08. The van der Waals surface area contributed by atoms with Crippen LogP contribution in [0.1, 0.15) is 20.8 Å². The maximum atomic E-state index is 11.7. The molecule has 94 valence electrons. The van der Waals surface area contributed by atoms with Crippen molar-refractivity contribution >= 4 is 61.0 Å². The second-order valence-corrected chi connectivity index (χ2v) is 9.06. The van der Waals surface area contributed by atoms with Crippen molar-refractivity contribution in [3.05, 3.63) is 0 Å². The van der Waals surface area contributed by atoms with E-state index in [0.29, 0.717) is 6.61 Å². The van der Waals surface area contributed by atoms with Crippen LogP contribution in [0, 0.1) is 17.3 Å². The van der Waals surface area contributed by atoms with Gasteiger partial charge in [0.2, 0.25) is 0 Å². The molecule has 0 radical (unpaired) electrons. The van der Waals surface area contributed by atoms with Gasteiger partial charge in [0.05, 0.1) is 17.4 Å². The summed E-state index contributed by atoms with van der Waals surface area (Å²) in [6, 6.07) is 0. The van der Waals surface area contributed by atoms with Crippen LogP contribution in [0.25, 0.3) is 0 Å². The zero-order valence-electron chi connectivity index (χ0n) is 9.27. The molecule has 0 aliphatic heterocycles. The largest absolute Gasteiger partial charge is 0.466 e. The molecule has 0 aromatic carbocycles. The molecule has 0 aromatic heterocycles. The summed E-state index contributed by atoms with van der Waals surface area (Å²) < 4.78 is 3.96. The predicted molar refractivity (Wildman–Crippen MR) is 73.5 cm³/mol. The zero-order valence-corrected chi connectivity index (χ0v) is 14.0. The van der Waals surface area contributed by atoms with Gasteiger partial charge in [0.15, 0.2) is 3.24 Å². The van der Waals surface area contributed by atoms with Gasteiger partial charge in [-0.05, 0) is 34.2 Å². The summed E-state index contributed by atoms with van der Waals surface area (Å²) in [4.78, 5) is 11.5. The van der Waals surface area contributed by atoms with Gasteiger partial charge in [-0.1, -0.05) is 53.0 Å². The minimum Gasteiger partial charge on any atom is -0.466 e. The van der Waals surface area contributed by atoms with Gasteiger partial charge >= 0.3 is 5.97 Å². The van der Waals surface area contributed by atoms with Crippen LogP contribution in [0.15, 0.2) is 0 Å². The van der Waals surface area contributed by atoms with Gasteiger partial charge in [0.25, 0.3) is 0 Å². The third kappa shape index (κ3) is 2.88. The van der Waals surface area contributed by atoms with Crippen molar-refractivity contribution in [3.63, 3.8) is 0 Å². The Morgan fingerprint density at radius 3 is 2.44 bits per heavy atom. The fourth-order valence-corrected chi connectivity index (χ4v) is 3.65. The fourth-order valence-electron chi connectivity index (χ4n) is 2.11. The molecule has 0 N–H and O–H groups in total. The number of ether oxygens (including phenoxy) is 1. The van der Waals surface area contributed by atoms with E-state index in [9.17, 15) is 4.79 Å². The van der Waals surface area contributed by atoms with Crippen molar-refractivity contribution in [3.8, 4) is 0 Å². The number of esters is 1. The van der Waals surface area contributed by atoms with Gasteiger partial charge in [0.1, 0.15) is 0 Å². The Morgan fingerprint density at radius 2 is 2.06 bits per heavy atom. The summed E-state index contributed by atoms with van der Waals surface area (Å²) >= 11 is 18.6. The van der Waals surface area contributed by atoms with Crippen LogP contribution in [-0.2, 0) is 9.53 Å². The second kappa shape index (κ2) is 4.94. The zero-order chi connectivity index (χ0) is 12.7. The average molecular weight is 397 g/mol. The number of alkyl halides is 4. The van der Waals surface area contributed by atoms with Crippen LogP contribution >= 0.6 is 55.1 Å². The number of hydrogen-bond acceptors (Lipinski definition) is 2. The molecule has 1 aliphatic carbocycles. The second-order valence-electron chi connectivity index (χ2n) is 4.52. The van der Waals surface area contributed by atoms with E-state index in [2.05, 4.69) is 31.9 Å². The van der Waals surface area contributed by atoms with Gasteiger partial charge in [-0.15, -0.1) is 0 Å². The Balaban J connectivity index is 2.75. The molecular formula is C10H14Br2Cl2O2. The van der Waals surface area contributed by atoms with E-state index in [1.807, 2.05) is 13.8 Å². The molecule has 0 saturated heterocycles. The van der Waals surface area contributed by atoms with Crippen LogP contribution in [0.5, 0.6) is 0 Å². The molecule has 1 fully saturated rings. The highest BCUT2D eigenvalue weighted by Gasteiger charge is 2.67. The molecule has 0 spiro atoms. The molecular weight excluding hydrogens is 383 g/mol. The van der Waals surface area contributed by atoms with E-state index in [4.69, 9.17) is 27.9 Å². The van der Waals surface area contributed by atoms with E-state index in [-0.39, 0.29) is 28.0 Å². The van der Waals surface area contributed by atoms with Crippen LogP contribution in [0.4, 0.5) is 0 Å². The summed E-state index contributed by atoms with van der Waals surface area (Å²) in [5.74, 6) is -0.251. The fraction of sp³-hybridized carbons (Fsp3) is 0.900. The van der Waals surface area contributed by atoms with Crippen molar-refractivity contribution in [2.24, 2.45) is 17.3 Å². The van der Waals surface area contributed by atoms with E-state index < -0.39 is 3.24 Å². The molecule has 0 aromatic rings. The summed E-state index contributed by atoms with van der Waals surface area (Å²) in [5.41, 5.74) is -0.136. The quantitative estimate of drug-likeness (QED) is 0.528. The summed E-state index contributed by atoms with van der Waals surface area (Å²) in [7, 11) is 0. The molecule has 3 unspecified atom stereocenters. The first kappa shape index (κ1) is 15.1. The Hall–Kier alpha value is 1.01. The van der Waals surface area contributed by atoms with Crippen LogP contribution in [0.2, 0.25) is 0 Å². The lowest BCUT2D eigenvalue weighted by atomic mass is 10.1. The molecule has 1 rings (SSSR count). The molecule has 1 aliphatic rings. The monoisotopic (exact) mass is 394 g/mol. The lowest BCUT2D eigenvalue weighted by molar-refractivity contribution is -0.145. The van der Waals surface area contributed by atoms with Gasteiger partial charge in [-0.2, -0.15) is 0 Å². The normalized spacial score (nSPS) is 29.7. The number of carbonyl (C=O) groups excluding carboxylic acids is 1. The molecule has 3 atom stereocenters. The summed E-state index contributed by atoms with van der Waals surface area (Å²) in [5, 5.41) is 0. The minimum atomic E-state index is -1.07. The number of halogens is 4. The Labute approximate surface area is 123 Å². The van der Waals surface area contributed by atoms with Crippen LogP contribution in [0.3, 0.4) is 0 Å². The lowest BCUT2D eigenvalue weighted by Crippen LogP contribution is -2.23. The average Bonchev–Trinajstić information content (AvgIpc) is 2.66. The highest BCUT2D eigenvalue weighted by Crippen LogP contribution is 2.65. The first-order valence-electron chi connectivity index (χ1n) is 5.01. The molecule has 1 saturated carbocycles. The summed E-state index contributed by atoms with van der Waals surface area (Å²) in [6.45, 7) is 6.22. The molecule has 16 heavy (non-hydrogen) atoms. The Kier molecular flexibility index (Phi) is 4.66. The van der Waals surface area contributed by atoms with Crippen molar-refractivity contribution in [1.82, 2.24) is 0 Å². The Bertz CT molecular complexity index is 289. The number of rotatable bonds is 4. The van der Waals surface area contributed by atoms with Crippen LogP contribution in [-0.4, -0.2) is 20.6 Å². The van der Waals surface area contributed by atoms with Gasteiger partial charge < -0.3 is 4.74 Å². The van der Waals surface area contributed by atoms with Gasteiger partial charge in [-0.3, -0.25) is 4.79 Å². The van der Waals surface area contributed by atoms with Crippen molar-refractivity contribution in [2.75, 3.05) is 6.61 Å². The SMILES string of the molecule is CCOC(=O)C1C(C(Br)C(Cl)(Cl)Br)C1(C)C. The van der Waals surface area contributed by atoms with Gasteiger partial charge in [-0.25, -0.2) is 0 Å². The summed E-state index contributed by atoms with van der Waals surface area (Å²) in [6.07, 6.45) is 0. The Morgan fingerprint density at radius 1 is 1.56 bits per heavy atom. The van der Waals surface area contributed by atoms with Crippen LogP contribution < -0.4 is 0 Å². The van der Waals surface area contributed by atoms with E-state index in [1.54, 1.807) is 6.92 Å². The van der Waals surface area contributed by atoms with E-state index in [1.165, 1.54) is 0 Å². The lowest BCUT2D eigenvalue weighted by Gasteiger charge is -2.19. The third-order valence-corrected chi connectivity index (χ3v) is 6.44. The maximum absolute atomic E-state index is 11.7. The highest BCUT2D eigenvalue weighted by atomic mass is 79.9. The minimum absolute atomic E-state index is 0.0703.